The van der Waals surface area contributed by atoms with Crippen LogP contribution in [0.2, 0.25) is 5.02 Å². The molecule has 1 aliphatic rings. The van der Waals surface area contributed by atoms with Crippen LogP contribution >= 0.6 is 11.6 Å². The van der Waals surface area contributed by atoms with Crippen LogP contribution in [-0.4, -0.2) is 43.7 Å². The van der Waals surface area contributed by atoms with E-state index >= 15 is 0 Å². The predicted molar refractivity (Wildman–Crippen MR) is 117 cm³/mol. The summed E-state index contributed by atoms with van der Waals surface area (Å²) in [7, 11) is -3.75. The van der Waals surface area contributed by atoms with Crippen molar-refractivity contribution in [3.8, 4) is 0 Å². The molecule has 0 aliphatic carbocycles. The van der Waals surface area contributed by atoms with Gasteiger partial charge in [0, 0.05) is 36.6 Å². The average Bonchev–Trinajstić information content (AvgIpc) is 2.66. The van der Waals surface area contributed by atoms with Crippen LogP contribution in [0.3, 0.4) is 0 Å². The molecule has 2 heterocycles. The minimum Gasteiger partial charge on any atom is -0.288 e. The monoisotopic (exact) mass is 463 g/mol. The van der Waals surface area contributed by atoms with E-state index in [2.05, 4.69) is 9.88 Å². The van der Waals surface area contributed by atoms with E-state index in [9.17, 15) is 17.2 Å². The van der Waals surface area contributed by atoms with Gasteiger partial charge in [0.1, 0.15) is 11.6 Å². The molecule has 0 radical (unpaired) electrons. The number of rotatable bonds is 6. The quantitative estimate of drug-likeness (QED) is 0.548. The molecule has 1 atom stereocenters. The largest absolute Gasteiger partial charge is 0.288 e. The predicted octanol–water partition coefficient (Wildman–Crippen LogP) is 4.25. The maximum absolute atomic E-state index is 13.8. The third-order valence-corrected chi connectivity index (χ3v) is 6.73. The summed E-state index contributed by atoms with van der Waals surface area (Å²) in [5, 5.41) is 0.620. The zero-order valence-electron chi connectivity index (χ0n) is 16.6. The summed E-state index contributed by atoms with van der Waals surface area (Å²) in [4.78, 5) is 6.18. The van der Waals surface area contributed by atoms with E-state index in [1.54, 1.807) is 24.5 Å². The lowest BCUT2D eigenvalue weighted by molar-refractivity contribution is 0.116. The van der Waals surface area contributed by atoms with Gasteiger partial charge in [-0.15, -0.1) is 0 Å². The number of hydrogen-bond donors (Lipinski definition) is 0. The van der Waals surface area contributed by atoms with Crippen LogP contribution in [0.4, 0.5) is 14.5 Å². The van der Waals surface area contributed by atoms with E-state index in [1.165, 1.54) is 0 Å². The molecule has 0 amide bonds. The lowest BCUT2D eigenvalue weighted by atomic mass is 9.93. The Morgan fingerprint density at radius 2 is 1.55 bits per heavy atom. The lowest BCUT2D eigenvalue weighted by Crippen LogP contribution is -2.61. The van der Waals surface area contributed by atoms with E-state index in [4.69, 9.17) is 11.6 Å². The summed E-state index contributed by atoms with van der Waals surface area (Å²) in [5.41, 5.74) is 1.98. The number of aromatic nitrogens is 1. The van der Waals surface area contributed by atoms with E-state index in [0.717, 1.165) is 39.9 Å². The van der Waals surface area contributed by atoms with Crippen LogP contribution in [0.1, 0.15) is 17.2 Å². The van der Waals surface area contributed by atoms with Crippen molar-refractivity contribution in [2.75, 3.05) is 23.7 Å². The first-order valence-corrected chi connectivity index (χ1v) is 11.8. The van der Waals surface area contributed by atoms with Crippen molar-refractivity contribution in [1.82, 2.24) is 9.88 Å². The molecule has 9 heteroatoms. The third-order valence-electron chi connectivity index (χ3n) is 5.25. The number of nitrogens with zero attached hydrogens (tertiary/aromatic N) is 3. The first kappa shape index (κ1) is 21.7. The average molecular weight is 464 g/mol. The van der Waals surface area contributed by atoms with E-state index < -0.39 is 27.7 Å². The van der Waals surface area contributed by atoms with Crippen LogP contribution in [0.25, 0.3) is 0 Å². The molecular formula is C22H20ClF2N3O2S. The summed E-state index contributed by atoms with van der Waals surface area (Å²) in [5.74, 6) is -1.65. The van der Waals surface area contributed by atoms with Gasteiger partial charge in [0.15, 0.2) is 0 Å². The molecular weight excluding hydrogens is 444 g/mol. The van der Waals surface area contributed by atoms with Crippen molar-refractivity contribution in [3.05, 3.63) is 94.8 Å². The van der Waals surface area contributed by atoms with Gasteiger partial charge in [-0.25, -0.2) is 17.2 Å². The second kappa shape index (κ2) is 8.53. The molecule has 0 bridgehead atoms. The van der Waals surface area contributed by atoms with E-state index in [1.807, 2.05) is 24.3 Å². The van der Waals surface area contributed by atoms with E-state index in [0.29, 0.717) is 18.1 Å². The second-order valence-corrected chi connectivity index (χ2v) is 9.82. The highest BCUT2D eigenvalue weighted by molar-refractivity contribution is 7.92. The molecule has 0 saturated carbocycles. The van der Waals surface area contributed by atoms with Gasteiger partial charge in [-0.2, -0.15) is 0 Å². The lowest BCUT2D eigenvalue weighted by Gasteiger charge is -2.48. The summed E-state index contributed by atoms with van der Waals surface area (Å²) in [6.45, 7) is 0.779. The number of benzene rings is 2. The van der Waals surface area contributed by atoms with Crippen LogP contribution in [0.5, 0.6) is 0 Å². The molecule has 1 saturated heterocycles. The van der Waals surface area contributed by atoms with Crippen molar-refractivity contribution < 1.29 is 17.2 Å². The molecule has 162 valence electrons. The Kier molecular flexibility index (Phi) is 5.96. The molecule has 2 aromatic carbocycles. The fourth-order valence-electron chi connectivity index (χ4n) is 3.99. The molecule has 4 rings (SSSR count). The smallest absolute Gasteiger partial charge is 0.232 e. The molecule has 1 aromatic heterocycles. The van der Waals surface area contributed by atoms with Crippen molar-refractivity contribution in [2.45, 2.75) is 12.1 Å². The van der Waals surface area contributed by atoms with Gasteiger partial charge in [0.25, 0.3) is 0 Å². The fraction of sp³-hybridized carbons (Fsp3) is 0.227. The highest BCUT2D eigenvalue weighted by atomic mass is 35.5. The number of sulfonamides is 1. The minimum atomic E-state index is -3.75. The Morgan fingerprint density at radius 3 is 2.10 bits per heavy atom. The van der Waals surface area contributed by atoms with Crippen molar-refractivity contribution >= 4 is 27.3 Å². The molecule has 0 N–H and O–H groups in total. The standard InChI is InChI=1S/C22H20ClF2N3O2S/c1-31(29,30)28(20-11-18(24)10-19(25)12-20)21-13-27(14-21)22(16-6-8-26-9-7-16)15-2-4-17(23)5-3-15/h2-12,21-22H,13-14H2,1H3/t22-/m1/s1. The number of pyridine rings is 1. The molecule has 0 spiro atoms. The Bertz CT molecular complexity index is 1150. The first-order valence-electron chi connectivity index (χ1n) is 9.57. The number of halogens is 3. The molecule has 1 aliphatic heterocycles. The number of hydrogen-bond acceptors (Lipinski definition) is 4. The summed E-state index contributed by atoms with van der Waals surface area (Å²) in [6.07, 6.45) is 4.44. The van der Waals surface area contributed by atoms with Crippen LogP contribution in [-0.2, 0) is 10.0 Å². The summed E-state index contributed by atoms with van der Waals surface area (Å²) in [6, 6.07) is 13.5. The van der Waals surface area contributed by atoms with Crippen LogP contribution in [0.15, 0.2) is 67.0 Å². The first-order chi connectivity index (χ1) is 14.7. The van der Waals surface area contributed by atoms with Gasteiger partial charge >= 0.3 is 0 Å². The summed E-state index contributed by atoms with van der Waals surface area (Å²) < 4.78 is 53.6. The Balaban J connectivity index is 1.64. The topological polar surface area (TPSA) is 53.5 Å². The third kappa shape index (κ3) is 4.71. The molecule has 0 unspecified atom stereocenters. The molecule has 3 aromatic rings. The van der Waals surface area contributed by atoms with E-state index in [-0.39, 0.29) is 11.7 Å². The van der Waals surface area contributed by atoms with Gasteiger partial charge in [-0.05, 0) is 47.5 Å². The maximum Gasteiger partial charge on any atom is 0.232 e. The Hall–Kier alpha value is -2.55. The molecule has 31 heavy (non-hydrogen) atoms. The SMILES string of the molecule is CS(=O)(=O)N(c1cc(F)cc(F)c1)C1CN([C@@H](c2ccncc2)c2ccc(Cl)cc2)C1. The van der Waals surface area contributed by atoms with Crippen LogP contribution in [0, 0.1) is 11.6 Å². The second-order valence-electron chi connectivity index (χ2n) is 7.53. The number of anilines is 1. The van der Waals surface area contributed by atoms with Gasteiger partial charge < -0.3 is 0 Å². The molecule has 5 nitrogen and oxygen atoms in total. The van der Waals surface area contributed by atoms with Crippen molar-refractivity contribution in [3.63, 3.8) is 0 Å². The van der Waals surface area contributed by atoms with Crippen molar-refractivity contribution in [1.29, 1.82) is 0 Å². The summed E-state index contributed by atoms with van der Waals surface area (Å²) >= 11 is 6.04. The maximum atomic E-state index is 13.8. The molecule has 1 fully saturated rings. The highest BCUT2D eigenvalue weighted by Crippen LogP contribution is 2.36. The zero-order chi connectivity index (χ0) is 22.2. The van der Waals surface area contributed by atoms with Gasteiger partial charge in [0.2, 0.25) is 10.0 Å². The number of likely N-dealkylation sites (tertiary alicyclic amines) is 1. The van der Waals surface area contributed by atoms with Crippen LogP contribution < -0.4 is 4.31 Å². The van der Waals surface area contributed by atoms with Gasteiger partial charge in [-0.1, -0.05) is 23.7 Å². The minimum absolute atomic E-state index is 0.0170. The van der Waals surface area contributed by atoms with Gasteiger partial charge in [-0.3, -0.25) is 14.2 Å². The van der Waals surface area contributed by atoms with Crippen molar-refractivity contribution in [2.24, 2.45) is 0 Å². The van der Waals surface area contributed by atoms with Gasteiger partial charge in [0.05, 0.1) is 24.0 Å². The zero-order valence-corrected chi connectivity index (χ0v) is 18.2. The Morgan fingerprint density at radius 1 is 1.00 bits per heavy atom. The fourth-order valence-corrected chi connectivity index (χ4v) is 5.28. The highest BCUT2D eigenvalue weighted by Gasteiger charge is 2.40. The normalized spacial score (nSPS) is 16.0. The Labute approximate surface area is 184 Å².